The van der Waals surface area contributed by atoms with E-state index >= 15 is 0 Å². The Morgan fingerprint density at radius 3 is 2.55 bits per heavy atom. The van der Waals surface area contributed by atoms with Crippen molar-refractivity contribution < 1.29 is 19.5 Å². The predicted octanol–water partition coefficient (Wildman–Crippen LogP) is 1.22. The van der Waals surface area contributed by atoms with E-state index in [-0.39, 0.29) is 4.32 Å². The molecule has 0 aromatic heterocycles. The van der Waals surface area contributed by atoms with Gasteiger partial charge in [-0.1, -0.05) is 54.3 Å². The van der Waals surface area contributed by atoms with Crippen LogP contribution in [0.3, 0.4) is 0 Å². The van der Waals surface area contributed by atoms with Gasteiger partial charge in [-0.2, -0.15) is 0 Å². The lowest BCUT2D eigenvalue weighted by atomic mass is 10.1. The smallest absolute Gasteiger partial charge is 0.327 e. The summed E-state index contributed by atoms with van der Waals surface area (Å²) in [4.78, 5) is 35.9. The molecular formula is C14H12N2O4S2. The molecule has 0 aliphatic carbocycles. The van der Waals surface area contributed by atoms with Crippen LogP contribution in [-0.4, -0.2) is 38.2 Å². The van der Waals surface area contributed by atoms with Gasteiger partial charge in [-0.15, -0.1) is 0 Å². The molecule has 1 saturated heterocycles. The molecule has 8 heteroatoms. The zero-order chi connectivity index (χ0) is 16.3. The molecule has 1 aliphatic rings. The average molecular weight is 336 g/mol. The molecule has 1 aromatic carbocycles. The highest BCUT2D eigenvalue weighted by Crippen LogP contribution is 2.34. The molecular weight excluding hydrogens is 324 g/mol. The summed E-state index contributed by atoms with van der Waals surface area (Å²) in [6, 6.07) is 7.72. The number of carboxylic acid groups (broad SMARTS) is 1. The van der Waals surface area contributed by atoms with E-state index < -0.39 is 30.2 Å². The Kier molecular flexibility index (Phi) is 4.94. The first kappa shape index (κ1) is 16.2. The van der Waals surface area contributed by atoms with Crippen LogP contribution in [0.5, 0.6) is 0 Å². The third-order valence-corrected chi connectivity index (χ3v) is 4.24. The minimum atomic E-state index is -1.38. The van der Waals surface area contributed by atoms with Gasteiger partial charge in [-0.25, -0.2) is 4.79 Å². The van der Waals surface area contributed by atoms with Gasteiger partial charge in [0.05, 0.1) is 11.3 Å². The standard InChI is InChI=1S/C14H12N2O4S2/c15-11(17)7-9(13(19)20)16-12(18)10(22-14(16)21)6-8-4-2-1-3-5-8/h1-6,9H,7H2,(H2,15,17)(H,19,20)/b10-6+/t9-/m0/s1. The molecule has 1 aromatic rings. The molecule has 1 aliphatic heterocycles. The fourth-order valence-electron chi connectivity index (χ4n) is 1.93. The van der Waals surface area contributed by atoms with Crippen molar-refractivity contribution in [2.24, 2.45) is 5.73 Å². The molecule has 2 amide bonds. The number of carboxylic acids is 1. The maximum atomic E-state index is 12.4. The molecule has 0 unspecified atom stereocenters. The van der Waals surface area contributed by atoms with Gasteiger partial charge in [0, 0.05) is 0 Å². The number of primary amides is 1. The van der Waals surface area contributed by atoms with E-state index in [0.29, 0.717) is 4.91 Å². The van der Waals surface area contributed by atoms with E-state index in [1.165, 1.54) is 0 Å². The molecule has 22 heavy (non-hydrogen) atoms. The summed E-state index contributed by atoms with van der Waals surface area (Å²) < 4.78 is 0.0980. The molecule has 0 saturated carbocycles. The number of nitrogens with zero attached hydrogens (tertiary/aromatic N) is 1. The first-order valence-corrected chi connectivity index (χ1v) is 7.46. The van der Waals surface area contributed by atoms with Gasteiger partial charge in [0.15, 0.2) is 0 Å². The lowest BCUT2D eigenvalue weighted by molar-refractivity contribution is -0.146. The summed E-state index contributed by atoms with van der Waals surface area (Å²) in [5, 5.41) is 9.20. The summed E-state index contributed by atoms with van der Waals surface area (Å²) in [5.41, 5.74) is 5.84. The number of carbonyl (C=O) groups excluding carboxylic acids is 2. The van der Waals surface area contributed by atoms with Gasteiger partial charge in [-0.3, -0.25) is 14.5 Å². The van der Waals surface area contributed by atoms with Crippen molar-refractivity contribution in [3.05, 3.63) is 40.8 Å². The number of amides is 2. The number of carbonyl (C=O) groups is 3. The Bertz CT molecular complexity index is 673. The minimum Gasteiger partial charge on any atom is -0.480 e. The Balaban J connectivity index is 2.30. The van der Waals surface area contributed by atoms with Crippen molar-refractivity contribution >= 4 is 52.2 Å². The maximum absolute atomic E-state index is 12.4. The maximum Gasteiger partial charge on any atom is 0.327 e. The second-order valence-corrected chi connectivity index (χ2v) is 6.16. The third-order valence-electron chi connectivity index (χ3n) is 2.91. The number of benzene rings is 1. The predicted molar refractivity (Wildman–Crippen MR) is 86.7 cm³/mol. The van der Waals surface area contributed by atoms with Gasteiger partial charge in [-0.05, 0) is 11.6 Å². The molecule has 1 atom stereocenters. The van der Waals surface area contributed by atoms with E-state index in [0.717, 1.165) is 22.2 Å². The van der Waals surface area contributed by atoms with Crippen molar-refractivity contribution in [3.8, 4) is 0 Å². The van der Waals surface area contributed by atoms with Gasteiger partial charge in [0.25, 0.3) is 5.91 Å². The van der Waals surface area contributed by atoms with Gasteiger partial charge >= 0.3 is 5.97 Å². The molecule has 6 nitrogen and oxygen atoms in total. The third kappa shape index (κ3) is 3.52. The highest BCUT2D eigenvalue weighted by atomic mass is 32.2. The molecule has 1 fully saturated rings. The summed E-state index contributed by atoms with van der Waals surface area (Å²) in [5.74, 6) is -2.67. The van der Waals surface area contributed by atoms with E-state index in [9.17, 15) is 19.5 Å². The van der Waals surface area contributed by atoms with Crippen LogP contribution in [0.1, 0.15) is 12.0 Å². The molecule has 114 valence electrons. The van der Waals surface area contributed by atoms with Crippen molar-refractivity contribution in [1.29, 1.82) is 0 Å². The Labute approximate surface area is 136 Å². The largest absolute Gasteiger partial charge is 0.480 e. The van der Waals surface area contributed by atoms with E-state index in [1.54, 1.807) is 6.08 Å². The fourth-order valence-corrected chi connectivity index (χ4v) is 3.29. The van der Waals surface area contributed by atoms with Crippen LogP contribution < -0.4 is 5.73 Å². The first-order valence-electron chi connectivity index (χ1n) is 6.23. The van der Waals surface area contributed by atoms with E-state index in [4.69, 9.17) is 18.0 Å². The monoisotopic (exact) mass is 336 g/mol. The number of hydrogen-bond acceptors (Lipinski definition) is 5. The number of hydrogen-bond donors (Lipinski definition) is 2. The van der Waals surface area contributed by atoms with E-state index in [2.05, 4.69) is 0 Å². The van der Waals surface area contributed by atoms with Crippen molar-refractivity contribution in [1.82, 2.24) is 4.90 Å². The SMILES string of the molecule is NC(=O)C[C@@H](C(=O)O)N1C(=O)/C(=C\c2ccccc2)SC1=S. The lowest BCUT2D eigenvalue weighted by Gasteiger charge is -2.21. The topological polar surface area (TPSA) is 101 Å². The Hall–Kier alpha value is -2.19. The molecule has 2 rings (SSSR count). The summed E-state index contributed by atoms with van der Waals surface area (Å²) in [6.07, 6.45) is 1.14. The van der Waals surface area contributed by atoms with Crippen molar-refractivity contribution in [3.63, 3.8) is 0 Å². The van der Waals surface area contributed by atoms with Gasteiger partial charge < -0.3 is 10.8 Å². The van der Waals surface area contributed by atoms with Crippen molar-refractivity contribution in [2.45, 2.75) is 12.5 Å². The molecule has 0 radical (unpaired) electrons. The normalized spacial score (nSPS) is 17.8. The second kappa shape index (κ2) is 6.71. The lowest BCUT2D eigenvalue weighted by Crippen LogP contribution is -2.46. The molecule has 3 N–H and O–H groups in total. The summed E-state index contributed by atoms with van der Waals surface area (Å²) in [7, 11) is 0. The Morgan fingerprint density at radius 1 is 1.36 bits per heavy atom. The zero-order valence-electron chi connectivity index (χ0n) is 11.3. The van der Waals surface area contributed by atoms with Crippen LogP contribution in [0, 0.1) is 0 Å². The van der Waals surface area contributed by atoms with Crippen molar-refractivity contribution in [2.75, 3.05) is 0 Å². The average Bonchev–Trinajstić information content (AvgIpc) is 2.72. The minimum absolute atomic E-state index is 0.0980. The number of aliphatic carboxylic acids is 1. The van der Waals surface area contributed by atoms with Crippen LogP contribution in [0.15, 0.2) is 35.2 Å². The summed E-state index contributed by atoms with van der Waals surface area (Å²) in [6.45, 7) is 0. The van der Waals surface area contributed by atoms with Crippen LogP contribution in [0.4, 0.5) is 0 Å². The van der Waals surface area contributed by atoms with Gasteiger partial charge in [0.1, 0.15) is 10.4 Å². The van der Waals surface area contributed by atoms with E-state index in [1.807, 2.05) is 30.3 Å². The van der Waals surface area contributed by atoms with Crippen LogP contribution in [0.2, 0.25) is 0 Å². The second-order valence-electron chi connectivity index (χ2n) is 4.49. The number of rotatable bonds is 5. The summed E-state index contributed by atoms with van der Waals surface area (Å²) >= 11 is 6.07. The number of nitrogens with two attached hydrogens (primary N) is 1. The highest BCUT2D eigenvalue weighted by Gasteiger charge is 2.41. The fraction of sp³-hybridized carbons (Fsp3) is 0.143. The number of thioether (sulfide) groups is 1. The highest BCUT2D eigenvalue weighted by molar-refractivity contribution is 8.26. The van der Waals surface area contributed by atoms with Crippen LogP contribution in [0.25, 0.3) is 6.08 Å². The molecule has 1 heterocycles. The Morgan fingerprint density at radius 2 is 2.00 bits per heavy atom. The molecule has 0 spiro atoms. The van der Waals surface area contributed by atoms with Crippen LogP contribution in [-0.2, 0) is 14.4 Å². The number of thiocarbonyl (C=S) groups is 1. The van der Waals surface area contributed by atoms with Crippen LogP contribution >= 0.6 is 24.0 Å². The quantitative estimate of drug-likeness (QED) is 0.619. The molecule has 0 bridgehead atoms. The van der Waals surface area contributed by atoms with Gasteiger partial charge in [0.2, 0.25) is 5.91 Å². The first-order chi connectivity index (χ1) is 10.4. The zero-order valence-corrected chi connectivity index (χ0v) is 12.9.